The van der Waals surface area contributed by atoms with E-state index < -0.39 is 5.60 Å². The maximum atomic E-state index is 10.8. The molecular formula is C21H38IN5O. The topological polar surface area (TPSA) is 72.8 Å². The van der Waals surface area contributed by atoms with Crippen LogP contribution >= 0.6 is 24.0 Å². The number of nitrogens with zero attached hydrogens (tertiary/aromatic N) is 3. The SMILES string of the molecule is CCCC(O)(CCC)CNC(=NCc1ccc(N2CCCC2)nc1)NCC.I. The van der Waals surface area contributed by atoms with Crippen LogP contribution in [-0.2, 0) is 6.54 Å². The molecule has 0 bridgehead atoms. The Hall–Kier alpha value is -1.09. The van der Waals surface area contributed by atoms with E-state index in [1.54, 1.807) is 0 Å². The monoisotopic (exact) mass is 503 g/mol. The van der Waals surface area contributed by atoms with Gasteiger partial charge in [-0.15, -0.1) is 24.0 Å². The second-order valence-corrected chi connectivity index (χ2v) is 7.49. The Morgan fingerprint density at radius 3 is 2.36 bits per heavy atom. The number of aliphatic imine (C=N–C) groups is 1. The van der Waals surface area contributed by atoms with Crippen LogP contribution in [0.4, 0.5) is 5.82 Å². The molecule has 0 unspecified atom stereocenters. The normalized spacial score (nSPS) is 14.7. The highest BCUT2D eigenvalue weighted by Gasteiger charge is 2.24. The number of hydrogen-bond donors (Lipinski definition) is 3. The van der Waals surface area contributed by atoms with Crippen LogP contribution in [0.1, 0.15) is 64.9 Å². The summed E-state index contributed by atoms with van der Waals surface area (Å²) in [5.74, 6) is 1.81. The Kier molecular flexibility index (Phi) is 11.8. The predicted octanol–water partition coefficient (Wildman–Crippen LogP) is 3.69. The highest BCUT2D eigenvalue weighted by molar-refractivity contribution is 14.0. The first-order valence-electron chi connectivity index (χ1n) is 10.5. The molecule has 0 radical (unpaired) electrons. The quantitative estimate of drug-likeness (QED) is 0.258. The van der Waals surface area contributed by atoms with Gasteiger partial charge in [0.05, 0.1) is 12.1 Å². The molecule has 160 valence electrons. The molecule has 1 aromatic heterocycles. The minimum Gasteiger partial charge on any atom is -0.388 e. The fourth-order valence-corrected chi connectivity index (χ4v) is 3.64. The predicted molar refractivity (Wildman–Crippen MR) is 129 cm³/mol. The largest absolute Gasteiger partial charge is 0.388 e. The van der Waals surface area contributed by atoms with Crippen LogP contribution in [-0.4, -0.2) is 47.8 Å². The van der Waals surface area contributed by atoms with Gasteiger partial charge in [-0.1, -0.05) is 32.8 Å². The minimum atomic E-state index is -0.668. The van der Waals surface area contributed by atoms with Crippen molar-refractivity contribution in [1.82, 2.24) is 15.6 Å². The lowest BCUT2D eigenvalue weighted by Crippen LogP contribution is -2.47. The van der Waals surface area contributed by atoms with E-state index in [4.69, 9.17) is 0 Å². The number of rotatable bonds is 10. The molecule has 1 saturated heterocycles. The van der Waals surface area contributed by atoms with Crippen molar-refractivity contribution in [3.8, 4) is 0 Å². The molecule has 0 atom stereocenters. The molecule has 2 rings (SSSR count). The molecule has 28 heavy (non-hydrogen) atoms. The zero-order valence-electron chi connectivity index (χ0n) is 17.7. The van der Waals surface area contributed by atoms with Crippen molar-refractivity contribution in [2.45, 2.75) is 71.4 Å². The van der Waals surface area contributed by atoms with E-state index in [0.717, 1.165) is 62.7 Å². The summed E-state index contributed by atoms with van der Waals surface area (Å²) >= 11 is 0. The molecule has 7 heteroatoms. The van der Waals surface area contributed by atoms with Crippen molar-refractivity contribution in [2.75, 3.05) is 31.1 Å². The van der Waals surface area contributed by atoms with E-state index in [9.17, 15) is 5.11 Å². The van der Waals surface area contributed by atoms with E-state index in [2.05, 4.69) is 51.5 Å². The maximum absolute atomic E-state index is 10.8. The Bertz CT molecular complexity index is 567. The van der Waals surface area contributed by atoms with Gasteiger partial charge in [-0.05, 0) is 44.2 Å². The second kappa shape index (κ2) is 13.2. The lowest BCUT2D eigenvalue weighted by molar-refractivity contribution is 0.0257. The standard InChI is InChI=1S/C21H37N5O.HI/c1-4-11-21(27,12-5-2)17-25-20(22-6-3)24-16-18-9-10-19(23-15-18)26-13-7-8-14-26;/h9-10,15,27H,4-8,11-14,16-17H2,1-3H3,(H2,22,24,25);1H. The summed E-state index contributed by atoms with van der Waals surface area (Å²) in [5, 5.41) is 17.4. The molecule has 1 aliphatic heterocycles. The molecule has 3 N–H and O–H groups in total. The summed E-state index contributed by atoms with van der Waals surface area (Å²) in [6.45, 7) is 10.4. The van der Waals surface area contributed by atoms with Gasteiger partial charge in [0.25, 0.3) is 0 Å². The molecule has 0 aliphatic carbocycles. The minimum absolute atomic E-state index is 0. The van der Waals surface area contributed by atoms with Gasteiger partial charge in [-0.25, -0.2) is 9.98 Å². The molecule has 0 aromatic carbocycles. The van der Waals surface area contributed by atoms with Gasteiger partial charge < -0.3 is 20.6 Å². The van der Waals surface area contributed by atoms with Crippen LogP contribution in [0.5, 0.6) is 0 Å². The molecule has 6 nitrogen and oxygen atoms in total. The third kappa shape index (κ3) is 8.11. The highest BCUT2D eigenvalue weighted by atomic mass is 127. The van der Waals surface area contributed by atoms with Crippen molar-refractivity contribution < 1.29 is 5.11 Å². The van der Waals surface area contributed by atoms with Crippen LogP contribution in [0.3, 0.4) is 0 Å². The molecule has 2 heterocycles. The van der Waals surface area contributed by atoms with Crippen LogP contribution in [0.15, 0.2) is 23.3 Å². The number of guanidine groups is 1. The summed E-state index contributed by atoms with van der Waals surface area (Å²) in [4.78, 5) is 11.6. The van der Waals surface area contributed by atoms with Crippen LogP contribution < -0.4 is 15.5 Å². The van der Waals surface area contributed by atoms with E-state index in [1.165, 1.54) is 12.8 Å². The first-order chi connectivity index (χ1) is 13.1. The van der Waals surface area contributed by atoms with Gasteiger partial charge in [0, 0.05) is 32.4 Å². The average molecular weight is 503 g/mol. The molecule has 1 fully saturated rings. The van der Waals surface area contributed by atoms with E-state index in [-0.39, 0.29) is 24.0 Å². The van der Waals surface area contributed by atoms with Crippen molar-refractivity contribution in [1.29, 1.82) is 0 Å². The third-order valence-corrected chi connectivity index (χ3v) is 5.02. The summed E-state index contributed by atoms with van der Waals surface area (Å²) in [6.07, 6.45) is 7.99. The van der Waals surface area contributed by atoms with Crippen molar-refractivity contribution >= 4 is 35.8 Å². The zero-order valence-corrected chi connectivity index (χ0v) is 20.0. The first-order valence-corrected chi connectivity index (χ1v) is 10.5. The number of aliphatic hydroxyl groups is 1. The smallest absolute Gasteiger partial charge is 0.191 e. The first kappa shape index (κ1) is 24.9. The van der Waals surface area contributed by atoms with Crippen LogP contribution in [0, 0.1) is 0 Å². The Morgan fingerprint density at radius 2 is 1.82 bits per heavy atom. The fourth-order valence-electron chi connectivity index (χ4n) is 3.64. The molecule has 0 saturated carbocycles. The molecule has 1 aliphatic rings. The number of halogens is 1. The highest BCUT2D eigenvalue weighted by Crippen LogP contribution is 2.19. The lowest BCUT2D eigenvalue weighted by Gasteiger charge is -2.28. The molecule has 0 amide bonds. The van der Waals surface area contributed by atoms with E-state index in [0.29, 0.717) is 13.1 Å². The van der Waals surface area contributed by atoms with E-state index >= 15 is 0 Å². The van der Waals surface area contributed by atoms with Gasteiger partial charge >= 0.3 is 0 Å². The van der Waals surface area contributed by atoms with Gasteiger partial charge in [0.15, 0.2) is 5.96 Å². The Labute approximate surface area is 187 Å². The van der Waals surface area contributed by atoms with Crippen LogP contribution in [0.25, 0.3) is 0 Å². The van der Waals surface area contributed by atoms with Gasteiger partial charge in [0.1, 0.15) is 5.82 Å². The number of hydrogen-bond acceptors (Lipinski definition) is 4. The summed E-state index contributed by atoms with van der Waals surface area (Å²) in [5.41, 5.74) is 0.422. The van der Waals surface area contributed by atoms with Crippen molar-refractivity contribution in [2.24, 2.45) is 4.99 Å². The van der Waals surface area contributed by atoms with E-state index in [1.807, 2.05) is 13.1 Å². The van der Waals surface area contributed by atoms with Gasteiger partial charge in [-0.2, -0.15) is 0 Å². The number of aromatic nitrogens is 1. The Morgan fingerprint density at radius 1 is 1.14 bits per heavy atom. The summed E-state index contributed by atoms with van der Waals surface area (Å²) in [7, 11) is 0. The third-order valence-electron chi connectivity index (χ3n) is 5.02. The Balaban J connectivity index is 0.00000392. The average Bonchev–Trinajstić information content (AvgIpc) is 3.20. The zero-order chi connectivity index (χ0) is 19.5. The van der Waals surface area contributed by atoms with Gasteiger partial charge in [0.2, 0.25) is 0 Å². The summed E-state index contributed by atoms with van der Waals surface area (Å²) < 4.78 is 0. The fraction of sp³-hybridized carbons (Fsp3) is 0.714. The lowest BCUT2D eigenvalue weighted by atomic mass is 9.93. The van der Waals surface area contributed by atoms with Gasteiger partial charge in [-0.3, -0.25) is 0 Å². The second-order valence-electron chi connectivity index (χ2n) is 7.49. The molecule has 0 spiro atoms. The van der Waals surface area contributed by atoms with Crippen molar-refractivity contribution in [3.63, 3.8) is 0 Å². The maximum Gasteiger partial charge on any atom is 0.191 e. The number of nitrogens with one attached hydrogen (secondary N) is 2. The molecule has 1 aromatic rings. The van der Waals surface area contributed by atoms with Crippen molar-refractivity contribution in [3.05, 3.63) is 23.9 Å². The summed E-state index contributed by atoms with van der Waals surface area (Å²) in [6, 6.07) is 4.20. The molecular weight excluding hydrogens is 465 g/mol. The number of pyridine rings is 1. The van der Waals surface area contributed by atoms with Crippen LogP contribution in [0.2, 0.25) is 0 Å². The number of anilines is 1.